The van der Waals surface area contributed by atoms with Crippen molar-refractivity contribution in [2.45, 2.75) is 64.2 Å². The summed E-state index contributed by atoms with van der Waals surface area (Å²) in [5.74, 6) is 0.00987. The van der Waals surface area contributed by atoms with Crippen LogP contribution in [-0.2, 0) is 19.1 Å². The normalized spacial score (nSPS) is 25.9. The summed E-state index contributed by atoms with van der Waals surface area (Å²) in [6, 6.07) is 0. The Morgan fingerprint density at radius 3 is 1.20 bits per heavy atom. The highest BCUT2D eigenvalue weighted by atomic mass is 16.5. The fraction of sp³-hybridized carbons (Fsp3) is 0.875. The lowest BCUT2D eigenvalue weighted by Gasteiger charge is -2.18. The van der Waals surface area contributed by atoms with Gasteiger partial charge in [-0.05, 0) is 25.7 Å². The molecule has 0 amide bonds. The van der Waals surface area contributed by atoms with Crippen LogP contribution < -0.4 is 0 Å². The van der Waals surface area contributed by atoms with Crippen LogP contribution in [0.1, 0.15) is 64.2 Å². The number of esters is 2. The van der Waals surface area contributed by atoms with Crippen molar-refractivity contribution in [2.75, 3.05) is 14.2 Å². The number of carbonyl (C=O) groups excluding carboxylic acids is 2. The van der Waals surface area contributed by atoms with Gasteiger partial charge in [0.1, 0.15) is 0 Å². The second kappa shape index (κ2) is 9.78. The smallest absolute Gasteiger partial charge is 0.308 e. The zero-order valence-electron chi connectivity index (χ0n) is 12.9. The standard InChI is InChI=1S/C16H28O4/c1-19-15(17)13-9-5-3-7-11-14(16(18)20-2)12-8-4-6-10-13/h13-14H,3-12H2,1-2H3. The summed E-state index contributed by atoms with van der Waals surface area (Å²) in [6.45, 7) is 0. The SMILES string of the molecule is COC(=O)C1CCCCCC(C(=O)OC)CCCCC1. The van der Waals surface area contributed by atoms with Gasteiger partial charge in [-0.3, -0.25) is 9.59 Å². The highest BCUT2D eigenvalue weighted by Gasteiger charge is 2.21. The quantitative estimate of drug-likeness (QED) is 0.728. The minimum Gasteiger partial charge on any atom is -0.469 e. The fourth-order valence-electron chi connectivity index (χ4n) is 3.01. The van der Waals surface area contributed by atoms with Gasteiger partial charge in [0.2, 0.25) is 0 Å². The van der Waals surface area contributed by atoms with Crippen molar-refractivity contribution in [3.63, 3.8) is 0 Å². The molecular formula is C16H28O4. The molecule has 20 heavy (non-hydrogen) atoms. The first kappa shape index (κ1) is 17.0. The maximum atomic E-state index is 11.7. The molecule has 1 aliphatic carbocycles. The molecule has 0 aliphatic heterocycles. The zero-order chi connectivity index (χ0) is 14.8. The Kier molecular flexibility index (Phi) is 8.31. The van der Waals surface area contributed by atoms with Gasteiger partial charge in [0.15, 0.2) is 0 Å². The number of ether oxygens (including phenoxy) is 2. The zero-order valence-corrected chi connectivity index (χ0v) is 12.9. The van der Waals surface area contributed by atoms with E-state index in [1.807, 2.05) is 0 Å². The molecule has 1 rings (SSSR count). The van der Waals surface area contributed by atoms with E-state index in [1.165, 1.54) is 14.2 Å². The van der Waals surface area contributed by atoms with E-state index >= 15 is 0 Å². The average molecular weight is 284 g/mol. The monoisotopic (exact) mass is 284 g/mol. The van der Waals surface area contributed by atoms with E-state index in [-0.39, 0.29) is 23.8 Å². The molecule has 0 aromatic carbocycles. The summed E-state index contributed by atoms with van der Waals surface area (Å²) < 4.78 is 9.75. The largest absolute Gasteiger partial charge is 0.469 e. The van der Waals surface area contributed by atoms with Crippen LogP contribution in [-0.4, -0.2) is 26.2 Å². The van der Waals surface area contributed by atoms with Crippen molar-refractivity contribution < 1.29 is 19.1 Å². The number of hydrogen-bond acceptors (Lipinski definition) is 4. The first-order valence-corrected chi connectivity index (χ1v) is 7.84. The molecule has 116 valence electrons. The third-order valence-corrected chi connectivity index (χ3v) is 4.28. The number of hydrogen-bond donors (Lipinski definition) is 0. The van der Waals surface area contributed by atoms with Gasteiger partial charge in [-0.25, -0.2) is 0 Å². The summed E-state index contributed by atoms with van der Waals surface area (Å²) in [5.41, 5.74) is 0. The van der Waals surface area contributed by atoms with Gasteiger partial charge in [-0.2, -0.15) is 0 Å². The fourth-order valence-corrected chi connectivity index (χ4v) is 3.01. The summed E-state index contributed by atoms with van der Waals surface area (Å²) in [7, 11) is 2.94. The number of carbonyl (C=O) groups is 2. The molecular weight excluding hydrogens is 256 g/mol. The Labute approximate surface area is 122 Å². The van der Waals surface area contributed by atoms with Gasteiger partial charge < -0.3 is 9.47 Å². The number of rotatable bonds is 2. The lowest BCUT2D eigenvalue weighted by atomic mass is 9.89. The van der Waals surface area contributed by atoms with Crippen LogP contribution in [0.5, 0.6) is 0 Å². The van der Waals surface area contributed by atoms with E-state index in [0.29, 0.717) is 0 Å². The molecule has 1 fully saturated rings. The molecule has 0 spiro atoms. The molecule has 0 bridgehead atoms. The van der Waals surface area contributed by atoms with Gasteiger partial charge in [0.25, 0.3) is 0 Å². The molecule has 0 unspecified atom stereocenters. The predicted molar refractivity (Wildman–Crippen MR) is 77.2 cm³/mol. The molecule has 0 atom stereocenters. The molecule has 1 aliphatic rings. The van der Waals surface area contributed by atoms with Crippen LogP contribution in [0.2, 0.25) is 0 Å². The first-order chi connectivity index (χ1) is 9.69. The molecule has 4 heteroatoms. The Morgan fingerprint density at radius 2 is 0.950 bits per heavy atom. The minimum atomic E-state index is -0.0607. The van der Waals surface area contributed by atoms with Crippen LogP contribution >= 0.6 is 0 Å². The summed E-state index contributed by atoms with van der Waals surface area (Å²) in [6.07, 6.45) is 9.93. The van der Waals surface area contributed by atoms with Crippen molar-refractivity contribution in [1.82, 2.24) is 0 Å². The predicted octanol–water partition coefficient (Wildman–Crippen LogP) is 3.48. The van der Waals surface area contributed by atoms with Crippen LogP contribution in [0.15, 0.2) is 0 Å². The first-order valence-electron chi connectivity index (χ1n) is 7.84. The minimum absolute atomic E-state index is 0.0607. The van der Waals surface area contributed by atoms with E-state index in [2.05, 4.69) is 0 Å². The Balaban J connectivity index is 2.46. The maximum absolute atomic E-state index is 11.7. The highest BCUT2D eigenvalue weighted by Crippen LogP contribution is 2.24. The summed E-state index contributed by atoms with van der Waals surface area (Å²) in [5, 5.41) is 0. The average Bonchev–Trinajstić information content (AvgIpc) is 2.46. The molecule has 0 N–H and O–H groups in total. The van der Waals surface area contributed by atoms with Crippen molar-refractivity contribution in [1.29, 1.82) is 0 Å². The molecule has 0 radical (unpaired) electrons. The lowest BCUT2D eigenvalue weighted by Crippen LogP contribution is -2.18. The van der Waals surface area contributed by atoms with Crippen LogP contribution in [0.25, 0.3) is 0 Å². The number of methoxy groups -OCH3 is 2. The van der Waals surface area contributed by atoms with Crippen molar-refractivity contribution in [3.05, 3.63) is 0 Å². The molecule has 4 nitrogen and oxygen atoms in total. The van der Waals surface area contributed by atoms with E-state index in [9.17, 15) is 9.59 Å². The summed E-state index contributed by atoms with van der Waals surface area (Å²) in [4.78, 5) is 23.4. The van der Waals surface area contributed by atoms with E-state index < -0.39 is 0 Å². The van der Waals surface area contributed by atoms with Crippen molar-refractivity contribution >= 4 is 11.9 Å². The Hall–Kier alpha value is -1.06. The molecule has 0 heterocycles. The third-order valence-electron chi connectivity index (χ3n) is 4.28. The van der Waals surface area contributed by atoms with Gasteiger partial charge in [-0.15, -0.1) is 0 Å². The Bertz CT molecular complexity index is 259. The van der Waals surface area contributed by atoms with E-state index in [1.54, 1.807) is 0 Å². The van der Waals surface area contributed by atoms with E-state index in [4.69, 9.17) is 9.47 Å². The molecule has 1 saturated carbocycles. The molecule has 0 saturated heterocycles. The Morgan fingerprint density at radius 1 is 0.650 bits per heavy atom. The second-order valence-electron chi connectivity index (χ2n) is 5.72. The highest BCUT2D eigenvalue weighted by molar-refractivity contribution is 5.72. The van der Waals surface area contributed by atoms with Gasteiger partial charge in [0, 0.05) is 0 Å². The van der Waals surface area contributed by atoms with Crippen LogP contribution in [0.4, 0.5) is 0 Å². The van der Waals surface area contributed by atoms with Crippen molar-refractivity contribution in [3.8, 4) is 0 Å². The van der Waals surface area contributed by atoms with Crippen LogP contribution in [0, 0.1) is 11.8 Å². The molecule has 0 aromatic rings. The summed E-state index contributed by atoms with van der Waals surface area (Å²) >= 11 is 0. The van der Waals surface area contributed by atoms with E-state index in [0.717, 1.165) is 64.2 Å². The second-order valence-corrected chi connectivity index (χ2v) is 5.72. The lowest BCUT2D eigenvalue weighted by molar-refractivity contribution is -0.146. The third kappa shape index (κ3) is 5.93. The van der Waals surface area contributed by atoms with Crippen LogP contribution in [0.3, 0.4) is 0 Å². The maximum Gasteiger partial charge on any atom is 0.308 e. The van der Waals surface area contributed by atoms with Gasteiger partial charge >= 0.3 is 11.9 Å². The van der Waals surface area contributed by atoms with Gasteiger partial charge in [-0.1, -0.05) is 38.5 Å². The molecule has 0 aromatic heterocycles. The van der Waals surface area contributed by atoms with Crippen molar-refractivity contribution in [2.24, 2.45) is 11.8 Å². The van der Waals surface area contributed by atoms with Gasteiger partial charge in [0.05, 0.1) is 26.1 Å². The topological polar surface area (TPSA) is 52.6 Å².